The third-order valence-corrected chi connectivity index (χ3v) is 3.84. The summed E-state index contributed by atoms with van der Waals surface area (Å²) in [4.78, 5) is 0. The van der Waals surface area contributed by atoms with Crippen molar-refractivity contribution in [3.05, 3.63) is 32.5 Å². The van der Waals surface area contributed by atoms with Crippen LogP contribution in [0.3, 0.4) is 0 Å². The average Bonchev–Trinajstić information content (AvgIpc) is 2.47. The molecule has 1 heterocycles. The molecule has 0 N–H and O–H groups in total. The Morgan fingerprint density at radius 3 is 2.64 bits per heavy atom. The van der Waals surface area contributed by atoms with Crippen molar-refractivity contribution < 1.29 is 13.2 Å². The van der Waals surface area contributed by atoms with Gasteiger partial charge in [-0.25, -0.2) is 13.2 Å². The summed E-state index contributed by atoms with van der Waals surface area (Å²) in [6.45, 7) is 0. The second kappa shape index (κ2) is 3.69. The van der Waals surface area contributed by atoms with Crippen LogP contribution in [-0.4, -0.2) is 0 Å². The number of halogens is 4. The Morgan fingerprint density at radius 2 is 2.00 bits per heavy atom. The molecule has 0 saturated carbocycles. The maximum atomic E-state index is 13.1. The van der Waals surface area contributed by atoms with Gasteiger partial charge in [-0.15, -0.1) is 11.3 Å². The normalized spacial score (nSPS) is 11.5. The number of thiophene rings is 1. The van der Waals surface area contributed by atoms with Crippen LogP contribution in [0.1, 0.15) is 12.0 Å². The van der Waals surface area contributed by atoms with Crippen molar-refractivity contribution in [2.45, 2.75) is 6.43 Å². The molecule has 74 valence electrons. The lowest BCUT2D eigenvalue weighted by atomic mass is 10.2. The van der Waals surface area contributed by atoms with Gasteiger partial charge in [0.2, 0.25) is 0 Å². The Hall–Kier alpha value is -0.300. The van der Waals surface area contributed by atoms with E-state index in [1.165, 1.54) is 17.5 Å². The Labute approximate surface area is 95.9 Å². The fraction of sp³-hybridized carbons (Fsp3) is 0.111. The van der Waals surface area contributed by atoms with Crippen LogP contribution < -0.4 is 0 Å². The summed E-state index contributed by atoms with van der Waals surface area (Å²) in [7, 11) is 0. The summed E-state index contributed by atoms with van der Waals surface area (Å²) in [5.74, 6) is -0.428. The molecule has 5 heteroatoms. The number of rotatable bonds is 1. The highest BCUT2D eigenvalue weighted by Crippen LogP contribution is 2.36. The number of hydrogen-bond acceptors (Lipinski definition) is 1. The molecular weight excluding hydrogens is 324 g/mol. The first kappa shape index (κ1) is 10.2. The highest BCUT2D eigenvalue weighted by Gasteiger charge is 2.18. The maximum Gasteiger partial charge on any atom is 0.266 e. The smallest absolute Gasteiger partial charge is 0.205 e. The molecule has 0 amide bonds. The Kier molecular flexibility index (Phi) is 2.70. The summed E-state index contributed by atoms with van der Waals surface area (Å²) >= 11 is 2.86. The van der Waals surface area contributed by atoms with E-state index in [1.807, 2.05) is 22.6 Å². The quantitative estimate of drug-likeness (QED) is 0.672. The van der Waals surface area contributed by atoms with Gasteiger partial charge in [-0.1, -0.05) is 0 Å². The Morgan fingerprint density at radius 1 is 1.29 bits per heavy atom. The van der Waals surface area contributed by atoms with Crippen LogP contribution in [0.25, 0.3) is 10.1 Å². The molecule has 0 aliphatic rings. The summed E-state index contributed by atoms with van der Waals surface area (Å²) in [6.07, 6.45) is -2.55. The molecule has 0 bridgehead atoms. The molecule has 0 radical (unpaired) electrons. The van der Waals surface area contributed by atoms with Crippen LogP contribution in [0.2, 0.25) is 0 Å². The van der Waals surface area contributed by atoms with E-state index in [1.54, 1.807) is 0 Å². The standard InChI is InChI=1S/C9H4F3IS/c10-5-3-14-8-4(5)1-2-6(13)7(8)9(11)12/h1-3,9H. The van der Waals surface area contributed by atoms with E-state index in [-0.39, 0.29) is 10.9 Å². The van der Waals surface area contributed by atoms with E-state index in [9.17, 15) is 13.2 Å². The summed E-state index contributed by atoms with van der Waals surface area (Å²) in [6, 6.07) is 3.05. The number of hydrogen-bond donors (Lipinski definition) is 0. The van der Waals surface area contributed by atoms with Crippen molar-refractivity contribution in [2.75, 3.05) is 0 Å². The molecular formula is C9H4F3IS. The van der Waals surface area contributed by atoms with Gasteiger partial charge in [-0.2, -0.15) is 0 Å². The van der Waals surface area contributed by atoms with Gasteiger partial charge in [0.25, 0.3) is 6.43 Å². The monoisotopic (exact) mass is 328 g/mol. The van der Waals surface area contributed by atoms with Crippen molar-refractivity contribution in [2.24, 2.45) is 0 Å². The van der Waals surface area contributed by atoms with Crippen LogP contribution >= 0.6 is 33.9 Å². The minimum atomic E-state index is -2.55. The minimum Gasteiger partial charge on any atom is -0.205 e. The van der Waals surface area contributed by atoms with Gasteiger partial charge in [0.05, 0.1) is 0 Å². The van der Waals surface area contributed by atoms with E-state index in [0.717, 1.165) is 11.3 Å². The first-order valence-corrected chi connectivity index (χ1v) is 5.70. The fourth-order valence-electron chi connectivity index (χ4n) is 1.27. The summed E-state index contributed by atoms with van der Waals surface area (Å²) in [5.41, 5.74) is -0.0583. The number of alkyl halides is 2. The zero-order valence-electron chi connectivity index (χ0n) is 6.73. The van der Waals surface area contributed by atoms with Gasteiger partial charge in [0.1, 0.15) is 5.82 Å². The van der Waals surface area contributed by atoms with Crippen molar-refractivity contribution >= 4 is 44.0 Å². The van der Waals surface area contributed by atoms with E-state index in [4.69, 9.17) is 0 Å². The lowest BCUT2D eigenvalue weighted by Crippen LogP contribution is -1.89. The SMILES string of the molecule is Fc1csc2c(C(F)F)c(I)ccc12. The van der Waals surface area contributed by atoms with Crippen molar-refractivity contribution in [3.8, 4) is 0 Å². The summed E-state index contributed by atoms with van der Waals surface area (Å²) in [5, 5.41) is 1.54. The molecule has 1 aromatic carbocycles. The zero-order chi connectivity index (χ0) is 10.3. The van der Waals surface area contributed by atoms with Crippen LogP contribution in [0, 0.1) is 9.39 Å². The molecule has 0 atom stereocenters. The van der Waals surface area contributed by atoms with Crippen molar-refractivity contribution in [3.63, 3.8) is 0 Å². The Balaban J connectivity index is 2.83. The molecule has 0 saturated heterocycles. The van der Waals surface area contributed by atoms with Gasteiger partial charge in [-0.3, -0.25) is 0 Å². The van der Waals surface area contributed by atoms with E-state index < -0.39 is 12.2 Å². The van der Waals surface area contributed by atoms with E-state index in [2.05, 4.69) is 0 Å². The molecule has 0 nitrogen and oxygen atoms in total. The van der Waals surface area contributed by atoms with Gasteiger partial charge < -0.3 is 0 Å². The first-order valence-electron chi connectivity index (χ1n) is 3.74. The second-order valence-corrected chi connectivity index (χ2v) is 4.76. The maximum absolute atomic E-state index is 13.1. The van der Waals surface area contributed by atoms with Gasteiger partial charge in [0.15, 0.2) is 0 Å². The van der Waals surface area contributed by atoms with Gasteiger partial charge in [0, 0.05) is 24.6 Å². The topological polar surface area (TPSA) is 0 Å². The third-order valence-electron chi connectivity index (χ3n) is 1.90. The average molecular weight is 328 g/mol. The predicted molar refractivity (Wildman–Crippen MR) is 59.5 cm³/mol. The molecule has 0 spiro atoms. The highest BCUT2D eigenvalue weighted by molar-refractivity contribution is 14.1. The number of benzene rings is 1. The van der Waals surface area contributed by atoms with Gasteiger partial charge in [-0.05, 0) is 34.7 Å². The Bertz CT molecular complexity index is 478. The minimum absolute atomic E-state index is 0.0583. The largest absolute Gasteiger partial charge is 0.266 e. The van der Waals surface area contributed by atoms with E-state index in [0.29, 0.717) is 8.27 Å². The molecule has 1 aromatic heterocycles. The lowest BCUT2D eigenvalue weighted by Gasteiger charge is -2.04. The first-order chi connectivity index (χ1) is 6.61. The van der Waals surface area contributed by atoms with Crippen LogP contribution in [0.5, 0.6) is 0 Å². The molecule has 0 aliphatic heterocycles. The summed E-state index contributed by atoms with van der Waals surface area (Å²) < 4.78 is 39.2. The van der Waals surface area contributed by atoms with Gasteiger partial charge >= 0.3 is 0 Å². The molecule has 0 fully saturated rings. The van der Waals surface area contributed by atoms with Crippen LogP contribution in [0.4, 0.5) is 13.2 Å². The molecule has 0 unspecified atom stereocenters. The molecule has 14 heavy (non-hydrogen) atoms. The van der Waals surface area contributed by atoms with Crippen LogP contribution in [-0.2, 0) is 0 Å². The number of fused-ring (bicyclic) bond motifs is 1. The second-order valence-electron chi connectivity index (χ2n) is 2.72. The molecule has 2 rings (SSSR count). The van der Waals surface area contributed by atoms with E-state index >= 15 is 0 Å². The fourth-order valence-corrected chi connectivity index (χ4v) is 3.10. The van der Waals surface area contributed by atoms with Crippen molar-refractivity contribution in [1.29, 1.82) is 0 Å². The third kappa shape index (κ3) is 1.52. The predicted octanol–water partition coefficient (Wildman–Crippen LogP) is 4.58. The molecule has 2 aromatic rings. The van der Waals surface area contributed by atoms with Crippen molar-refractivity contribution in [1.82, 2.24) is 0 Å². The lowest BCUT2D eigenvalue weighted by molar-refractivity contribution is 0.152. The van der Waals surface area contributed by atoms with Crippen LogP contribution in [0.15, 0.2) is 17.5 Å². The molecule has 0 aliphatic carbocycles. The zero-order valence-corrected chi connectivity index (χ0v) is 9.70. The highest BCUT2D eigenvalue weighted by atomic mass is 127.